The van der Waals surface area contributed by atoms with Crippen LogP contribution in [0.3, 0.4) is 0 Å². The lowest BCUT2D eigenvalue weighted by Crippen LogP contribution is -2.03. The number of benzene rings is 2. The highest BCUT2D eigenvalue weighted by molar-refractivity contribution is 6.40. The zero-order valence-electron chi connectivity index (χ0n) is 11.3. The van der Waals surface area contributed by atoms with E-state index in [-0.39, 0.29) is 5.56 Å². The van der Waals surface area contributed by atoms with Gasteiger partial charge in [-0.25, -0.2) is 4.79 Å². The molecule has 0 aliphatic carbocycles. The predicted molar refractivity (Wildman–Crippen MR) is 87.9 cm³/mol. The molecular weight excluding hydrogens is 309 g/mol. The van der Waals surface area contributed by atoms with Crippen molar-refractivity contribution in [2.75, 3.05) is 5.32 Å². The van der Waals surface area contributed by atoms with E-state index in [1.165, 1.54) is 6.07 Å². The topological polar surface area (TPSA) is 49.3 Å². The fourth-order valence-corrected chi connectivity index (χ4v) is 2.54. The molecule has 0 fully saturated rings. The van der Waals surface area contributed by atoms with Gasteiger partial charge in [0.15, 0.2) is 0 Å². The molecule has 0 radical (unpaired) electrons. The van der Waals surface area contributed by atoms with Gasteiger partial charge in [0, 0.05) is 0 Å². The highest BCUT2D eigenvalue weighted by Crippen LogP contribution is 2.38. The third kappa shape index (κ3) is 3.20. The maximum atomic E-state index is 11.2. The van der Waals surface area contributed by atoms with Crippen LogP contribution >= 0.6 is 23.2 Å². The molecule has 0 atom stereocenters. The molecule has 2 aromatic rings. The van der Waals surface area contributed by atoms with Crippen LogP contribution < -0.4 is 5.32 Å². The molecule has 0 heterocycles. The lowest BCUT2D eigenvalue weighted by molar-refractivity contribution is 0.0698. The first-order valence-corrected chi connectivity index (χ1v) is 6.90. The van der Waals surface area contributed by atoms with E-state index in [1.807, 2.05) is 6.92 Å². The van der Waals surface area contributed by atoms with E-state index in [9.17, 15) is 9.90 Å². The fourth-order valence-electron chi connectivity index (χ4n) is 1.91. The Bertz CT molecular complexity index is 726. The number of carboxylic acid groups (broad SMARTS) is 1. The van der Waals surface area contributed by atoms with Crippen molar-refractivity contribution in [1.82, 2.24) is 0 Å². The van der Waals surface area contributed by atoms with Crippen molar-refractivity contribution in [2.24, 2.45) is 0 Å². The van der Waals surface area contributed by atoms with Crippen molar-refractivity contribution < 1.29 is 9.90 Å². The van der Waals surface area contributed by atoms with Gasteiger partial charge in [0.1, 0.15) is 0 Å². The fraction of sp³-hybridized carbons (Fsp3) is 0.0625. The zero-order chi connectivity index (χ0) is 15.6. The SMILES string of the molecule is C=C(C)c1ccc(Cl)c(Nc2ccccc2C(=O)O)c1Cl. The lowest BCUT2D eigenvalue weighted by Gasteiger charge is -2.15. The Labute approximate surface area is 132 Å². The Morgan fingerprint density at radius 3 is 2.43 bits per heavy atom. The number of halogens is 2. The van der Waals surface area contributed by atoms with Crippen molar-refractivity contribution in [3.63, 3.8) is 0 Å². The Kier molecular flexibility index (Phi) is 4.56. The Balaban J connectivity index is 2.52. The van der Waals surface area contributed by atoms with Crippen molar-refractivity contribution in [3.8, 4) is 0 Å². The van der Waals surface area contributed by atoms with Crippen LogP contribution in [0.25, 0.3) is 5.57 Å². The van der Waals surface area contributed by atoms with E-state index >= 15 is 0 Å². The summed E-state index contributed by atoms with van der Waals surface area (Å²) in [6, 6.07) is 10.0. The van der Waals surface area contributed by atoms with Crippen molar-refractivity contribution in [2.45, 2.75) is 6.92 Å². The van der Waals surface area contributed by atoms with E-state index in [2.05, 4.69) is 11.9 Å². The van der Waals surface area contributed by atoms with Gasteiger partial charge in [0.05, 0.1) is 27.0 Å². The third-order valence-electron chi connectivity index (χ3n) is 2.97. The van der Waals surface area contributed by atoms with Gasteiger partial charge < -0.3 is 10.4 Å². The van der Waals surface area contributed by atoms with Crippen LogP contribution in [-0.2, 0) is 0 Å². The molecule has 0 aliphatic rings. The van der Waals surface area contributed by atoms with Gasteiger partial charge in [-0.05, 0) is 36.3 Å². The number of nitrogens with one attached hydrogen (secondary N) is 1. The van der Waals surface area contributed by atoms with Crippen LogP contribution in [0, 0.1) is 0 Å². The molecule has 0 spiro atoms. The largest absolute Gasteiger partial charge is 0.478 e. The first-order valence-electron chi connectivity index (χ1n) is 6.15. The van der Waals surface area contributed by atoms with Crippen molar-refractivity contribution in [1.29, 1.82) is 0 Å². The molecule has 0 saturated heterocycles. The van der Waals surface area contributed by atoms with Crippen molar-refractivity contribution >= 4 is 46.1 Å². The second-order valence-corrected chi connectivity index (χ2v) is 5.33. The summed E-state index contributed by atoms with van der Waals surface area (Å²) >= 11 is 12.5. The van der Waals surface area contributed by atoms with Gasteiger partial charge in [0.2, 0.25) is 0 Å². The zero-order valence-corrected chi connectivity index (χ0v) is 12.8. The van der Waals surface area contributed by atoms with Gasteiger partial charge in [-0.2, -0.15) is 0 Å². The highest BCUT2D eigenvalue weighted by atomic mass is 35.5. The van der Waals surface area contributed by atoms with Crippen molar-refractivity contribution in [3.05, 3.63) is 64.1 Å². The highest BCUT2D eigenvalue weighted by Gasteiger charge is 2.15. The summed E-state index contributed by atoms with van der Waals surface area (Å²) in [6.45, 7) is 5.70. The van der Waals surface area contributed by atoms with Gasteiger partial charge in [-0.1, -0.05) is 48.0 Å². The maximum absolute atomic E-state index is 11.2. The molecule has 0 aromatic heterocycles. The average molecular weight is 322 g/mol. The quantitative estimate of drug-likeness (QED) is 0.785. The van der Waals surface area contributed by atoms with Crippen LogP contribution in [0.4, 0.5) is 11.4 Å². The van der Waals surface area contributed by atoms with Crippen LogP contribution in [0.15, 0.2) is 43.0 Å². The normalized spacial score (nSPS) is 10.2. The van der Waals surface area contributed by atoms with E-state index in [0.717, 1.165) is 11.1 Å². The number of carboxylic acids is 1. The maximum Gasteiger partial charge on any atom is 0.337 e. The molecule has 2 N–H and O–H groups in total. The van der Waals surface area contributed by atoms with Gasteiger partial charge in [-0.15, -0.1) is 0 Å². The Hall–Kier alpha value is -1.97. The first-order chi connectivity index (χ1) is 9.91. The summed E-state index contributed by atoms with van der Waals surface area (Å²) < 4.78 is 0. The molecular formula is C16H13Cl2NO2. The second kappa shape index (κ2) is 6.20. The van der Waals surface area contributed by atoms with E-state index < -0.39 is 5.97 Å². The molecule has 2 aromatic carbocycles. The standard InChI is InChI=1S/C16H13Cl2NO2/c1-9(2)10-7-8-12(17)15(14(10)18)19-13-6-4-3-5-11(13)16(20)21/h3-8,19H,1H2,2H3,(H,20,21). The Morgan fingerprint density at radius 2 is 1.81 bits per heavy atom. The minimum absolute atomic E-state index is 0.144. The summed E-state index contributed by atoms with van der Waals surface area (Å²) in [7, 11) is 0. The van der Waals surface area contributed by atoms with E-state index in [0.29, 0.717) is 21.4 Å². The van der Waals surface area contributed by atoms with Crippen LogP contribution in [-0.4, -0.2) is 11.1 Å². The molecule has 0 amide bonds. The summed E-state index contributed by atoms with van der Waals surface area (Å²) in [5.41, 5.74) is 2.59. The van der Waals surface area contributed by atoms with E-state index in [4.69, 9.17) is 23.2 Å². The lowest BCUT2D eigenvalue weighted by atomic mass is 10.1. The number of allylic oxidation sites excluding steroid dienone is 1. The molecule has 0 saturated carbocycles. The third-order valence-corrected chi connectivity index (χ3v) is 3.68. The average Bonchev–Trinajstić information content (AvgIpc) is 2.43. The number of hydrogen-bond donors (Lipinski definition) is 2. The number of aromatic carboxylic acids is 1. The minimum atomic E-state index is -1.03. The van der Waals surface area contributed by atoms with Gasteiger partial charge in [-0.3, -0.25) is 0 Å². The summed E-state index contributed by atoms with van der Waals surface area (Å²) in [6.07, 6.45) is 0. The smallest absolute Gasteiger partial charge is 0.337 e. The Morgan fingerprint density at radius 1 is 1.14 bits per heavy atom. The molecule has 0 unspecified atom stereocenters. The summed E-state index contributed by atoms with van der Waals surface area (Å²) in [5.74, 6) is -1.03. The molecule has 108 valence electrons. The minimum Gasteiger partial charge on any atom is -0.478 e. The molecule has 3 nitrogen and oxygen atoms in total. The van der Waals surface area contributed by atoms with Gasteiger partial charge >= 0.3 is 5.97 Å². The monoisotopic (exact) mass is 321 g/mol. The predicted octanol–water partition coefficient (Wildman–Crippen LogP) is 5.47. The van der Waals surface area contributed by atoms with Crippen LogP contribution in [0.2, 0.25) is 10.0 Å². The molecule has 2 rings (SSSR count). The van der Waals surface area contributed by atoms with Gasteiger partial charge in [0.25, 0.3) is 0 Å². The molecule has 0 aliphatic heterocycles. The van der Waals surface area contributed by atoms with E-state index in [1.54, 1.807) is 30.3 Å². The summed E-state index contributed by atoms with van der Waals surface area (Å²) in [4.78, 5) is 11.2. The number of anilines is 2. The summed E-state index contributed by atoms with van der Waals surface area (Å²) in [5, 5.41) is 13.0. The number of carbonyl (C=O) groups is 1. The number of para-hydroxylation sites is 1. The molecule has 21 heavy (non-hydrogen) atoms. The van der Waals surface area contributed by atoms with Crippen LogP contribution in [0.1, 0.15) is 22.8 Å². The molecule has 5 heteroatoms. The second-order valence-electron chi connectivity index (χ2n) is 4.54. The van der Waals surface area contributed by atoms with Crippen LogP contribution in [0.5, 0.6) is 0 Å². The number of hydrogen-bond acceptors (Lipinski definition) is 2. The first kappa shape index (κ1) is 15.4. The molecule has 0 bridgehead atoms. The number of rotatable bonds is 4.